The Balaban J connectivity index is 3.48. The van der Waals surface area contributed by atoms with Gasteiger partial charge in [-0.05, 0) is 51.4 Å². The Bertz CT molecular complexity index is 885. The Morgan fingerprint density at radius 2 is 0.754 bits per heavy atom. The van der Waals surface area contributed by atoms with Crippen molar-refractivity contribution < 1.29 is 20.1 Å². The molecule has 0 bridgehead atoms. The van der Waals surface area contributed by atoms with Crippen LogP contribution in [0.5, 0.6) is 0 Å². The predicted octanol–water partition coefficient (Wildman–Crippen LogP) is 15.1. The molecule has 0 aromatic carbocycles. The standard InChI is InChI=1S/C52H99NO4/c1-3-5-7-9-11-13-14-15-16-17-18-19-20-21-22-23-24-25-26-27-28-29-30-31-32-33-34-35-36-37-39-41-43-45-47-51(56)52(57)53-49(48-54)50(55)46-44-42-40-38-12-10-8-6-4-2/h20-21,23-24,44,46,49-51,54-56H,3-19,22,25-43,45,47-48H2,1-2H3,(H,53,57)/b21-20-,24-23-,46-44+. The van der Waals surface area contributed by atoms with Crippen LogP contribution in [0.4, 0.5) is 0 Å². The summed E-state index contributed by atoms with van der Waals surface area (Å²) in [5.74, 6) is -0.504. The van der Waals surface area contributed by atoms with Gasteiger partial charge >= 0.3 is 0 Å². The molecule has 0 aliphatic rings. The summed E-state index contributed by atoms with van der Waals surface area (Å²) in [5.41, 5.74) is 0. The van der Waals surface area contributed by atoms with Crippen molar-refractivity contribution in [2.24, 2.45) is 0 Å². The zero-order valence-electron chi connectivity index (χ0n) is 38.2. The minimum Gasteiger partial charge on any atom is -0.394 e. The quantitative estimate of drug-likeness (QED) is 0.0365. The van der Waals surface area contributed by atoms with Gasteiger partial charge in [0.25, 0.3) is 0 Å². The lowest BCUT2D eigenvalue weighted by atomic mass is 10.0. The molecular weight excluding hydrogens is 703 g/mol. The van der Waals surface area contributed by atoms with E-state index in [2.05, 4.69) is 43.5 Å². The van der Waals surface area contributed by atoms with Gasteiger partial charge in [-0.25, -0.2) is 0 Å². The molecule has 0 heterocycles. The van der Waals surface area contributed by atoms with Crippen LogP contribution >= 0.6 is 0 Å². The number of allylic oxidation sites excluding steroid dienone is 5. The fraction of sp³-hybridized carbons (Fsp3) is 0.865. The molecule has 0 aliphatic carbocycles. The lowest BCUT2D eigenvalue weighted by molar-refractivity contribution is -0.131. The van der Waals surface area contributed by atoms with E-state index in [0.717, 1.165) is 38.5 Å². The lowest BCUT2D eigenvalue weighted by Crippen LogP contribution is -2.48. The van der Waals surface area contributed by atoms with Crippen LogP contribution in [0.2, 0.25) is 0 Å². The van der Waals surface area contributed by atoms with E-state index in [-0.39, 0.29) is 6.61 Å². The first-order valence-electron chi connectivity index (χ1n) is 25.3. The minimum absolute atomic E-state index is 0.363. The fourth-order valence-electron chi connectivity index (χ4n) is 7.75. The van der Waals surface area contributed by atoms with Crippen LogP contribution in [0.15, 0.2) is 36.5 Å². The van der Waals surface area contributed by atoms with Crippen molar-refractivity contribution in [2.75, 3.05) is 6.61 Å². The van der Waals surface area contributed by atoms with Crippen molar-refractivity contribution in [3.05, 3.63) is 36.5 Å². The molecule has 5 nitrogen and oxygen atoms in total. The highest BCUT2D eigenvalue weighted by molar-refractivity contribution is 5.80. The summed E-state index contributed by atoms with van der Waals surface area (Å²) < 4.78 is 0. The van der Waals surface area contributed by atoms with E-state index in [4.69, 9.17) is 0 Å². The van der Waals surface area contributed by atoms with Crippen molar-refractivity contribution in [3.8, 4) is 0 Å². The van der Waals surface area contributed by atoms with Gasteiger partial charge in [0.2, 0.25) is 5.91 Å². The number of amides is 1. The monoisotopic (exact) mass is 802 g/mol. The third-order valence-corrected chi connectivity index (χ3v) is 11.7. The molecular formula is C52H99NO4. The molecule has 0 aliphatic heterocycles. The highest BCUT2D eigenvalue weighted by Gasteiger charge is 2.22. The molecule has 0 fully saturated rings. The van der Waals surface area contributed by atoms with E-state index in [1.54, 1.807) is 6.08 Å². The summed E-state index contributed by atoms with van der Waals surface area (Å²) in [5, 5.41) is 33.0. The van der Waals surface area contributed by atoms with Gasteiger partial charge < -0.3 is 20.6 Å². The maximum Gasteiger partial charge on any atom is 0.249 e. The van der Waals surface area contributed by atoms with Gasteiger partial charge in [0.15, 0.2) is 0 Å². The molecule has 3 unspecified atom stereocenters. The maximum absolute atomic E-state index is 12.4. The average molecular weight is 802 g/mol. The molecule has 1 amide bonds. The molecule has 0 rings (SSSR count). The number of unbranched alkanes of at least 4 members (excludes halogenated alkanes) is 34. The zero-order valence-corrected chi connectivity index (χ0v) is 38.2. The zero-order chi connectivity index (χ0) is 41.5. The van der Waals surface area contributed by atoms with Gasteiger partial charge in [-0.1, -0.05) is 249 Å². The van der Waals surface area contributed by atoms with E-state index in [9.17, 15) is 20.1 Å². The van der Waals surface area contributed by atoms with Crippen LogP contribution in [-0.4, -0.2) is 46.1 Å². The molecule has 0 aromatic heterocycles. The minimum atomic E-state index is -1.10. The van der Waals surface area contributed by atoms with E-state index in [1.807, 2.05) is 6.08 Å². The van der Waals surface area contributed by atoms with Crippen LogP contribution in [0.3, 0.4) is 0 Å². The summed E-state index contributed by atoms with van der Waals surface area (Å²) in [4.78, 5) is 12.4. The molecule has 0 aromatic rings. The smallest absolute Gasteiger partial charge is 0.249 e. The number of aliphatic hydroxyl groups is 3. The van der Waals surface area contributed by atoms with E-state index in [1.165, 1.54) is 205 Å². The second kappa shape index (κ2) is 47.3. The molecule has 3 atom stereocenters. The molecule has 5 heteroatoms. The molecule has 0 spiro atoms. The van der Waals surface area contributed by atoms with E-state index in [0.29, 0.717) is 6.42 Å². The summed E-state index contributed by atoms with van der Waals surface area (Å²) in [6.45, 7) is 4.16. The van der Waals surface area contributed by atoms with Crippen LogP contribution in [0, 0.1) is 0 Å². The first-order chi connectivity index (χ1) is 28.1. The van der Waals surface area contributed by atoms with Gasteiger partial charge in [-0.2, -0.15) is 0 Å². The Hall–Kier alpha value is -1.43. The van der Waals surface area contributed by atoms with Crippen LogP contribution < -0.4 is 5.32 Å². The molecule has 0 radical (unpaired) electrons. The normalized spacial score (nSPS) is 13.7. The second-order valence-corrected chi connectivity index (χ2v) is 17.4. The Morgan fingerprint density at radius 3 is 1.11 bits per heavy atom. The number of hydrogen-bond donors (Lipinski definition) is 4. The molecule has 57 heavy (non-hydrogen) atoms. The van der Waals surface area contributed by atoms with E-state index >= 15 is 0 Å². The van der Waals surface area contributed by atoms with Gasteiger partial charge in [-0.3, -0.25) is 4.79 Å². The maximum atomic E-state index is 12.4. The van der Waals surface area contributed by atoms with Crippen molar-refractivity contribution in [3.63, 3.8) is 0 Å². The topological polar surface area (TPSA) is 89.8 Å². The Morgan fingerprint density at radius 1 is 0.439 bits per heavy atom. The summed E-state index contributed by atoms with van der Waals surface area (Å²) in [6, 6.07) is -0.794. The average Bonchev–Trinajstić information content (AvgIpc) is 3.22. The van der Waals surface area contributed by atoms with Gasteiger partial charge in [0, 0.05) is 0 Å². The highest BCUT2D eigenvalue weighted by atomic mass is 16.3. The van der Waals surface area contributed by atoms with Crippen LogP contribution in [0.1, 0.15) is 264 Å². The predicted molar refractivity (Wildman–Crippen MR) is 250 cm³/mol. The van der Waals surface area contributed by atoms with Gasteiger partial charge in [0.05, 0.1) is 18.8 Å². The third-order valence-electron chi connectivity index (χ3n) is 11.7. The largest absolute Gasteiger partial charge is 0.394 e. The molecule has 0 saturated heterocycles. The number of hydrogen-bond acceptors (Lipinski definition) is 4. The number of carbonyl (C=O) groups excluding carboxylic acids is 1. The number of carbonyl (C=O) groups is 1. The summed E-state index contributed by atoms with van der Waals surface area (Å²) >= 11 is 0. The molecule has 336 valence electrons. The summed E-state index contributed by atoms with van der Waals surface area (Å²) in [7, 11) is 0. The Kier molecular flexibility index (Phi) is 46.1. The van der Waals surface area contributed by atoms with Crippen LogP contribution in [-0.2, 0) is 4.79 Å². The van der Waals surface area contributed by atoms with Crippen molar-refractivity contribution in [1.29, 1.82) is 0 Å². The highest BCUT2D eigenvalue weighted by Crippen LogP contribution is 2.16. The van der Waals surface area contributed by atoms with Gasteiger partial charge in [0.1, 0.15) is 6.10 Å². The fourth-order valence-corrected chi connectivity index (χ4v) is 7.75. The van der Waals surface area contributed by atoms with E-state index < -0.39 is 24.2 Å². The lowest BCUT2D eigenvalue weighted by Gasteiger charge is -2.21. The number of rotatable bonds is 46. The molecule has 4 N–H and O–H groups in total. The first-order valence-corrected chi connectivity index (χ1v) is 25.3. The SMILES string of the molecule is CCCCCCCCC/C=C/C(O)C(CO)NC(=O)C(O)CCCCCCCCCCCCCCCCCC/C=C\C/C=C\CCCCCCCCCCCCC. The summed E-state index contributed by atoms with van der Waals surface area (Å²) in [6.07, 6.45) is 60.8. The number of aliphatic hydroxyl groups excluding tert-OH is 3. The Labute approximate surface area is 355 Å². The van der Waals surface area contributed by atoms with Crippen LogP contribution in [0.25, 0.3) is 0 Å². The molecule has 0 saturated carbocycles. The number of nitrogens with one attached hydrogen (secondary N) is 1. The second-order valence-electron chi connectivity index (χ2n) is 17.4. The first kappa shape index (κ1) is 55.6. The third kappa shape index (κ3) is 42.5. The van der Waals surface area contributed by atoms with Gasteiger partial charge in [-0.15, -0.1) is 0 Å². The van der Waals surface area contributed by atoms with Crippen molar-refractivity contribution in [2.45, 2.75) is 283 Å². The van der Waals surface area contributed by atoms with Crippen molar-refractivity contribution in [1.82, 2.24) is 5.32 Å². The van der Waals surface area contributed by atoms with Crippen molar-refractivity contribution >= 4 is 5.91 Å².